The van der Waals surface area contributed by atoms with Crippen LogP contribution in [-0.4, -0.2) is 19.8 Å². The average molecular weight is 289 g/mol. The van der Waals surface area contributed by atoms with Crippen LogP contribution in [0.25, 0.3) is 0 Å². The molecule has 0 amide bonds. The number of benzene rings is 1. The maximum atomic E-state index is 6.56. The summed E-state index contributed by atoms with van der Waals surface area (Å²) >= 11 is 0. The van der Waals surface area contributed by atoms with Crippen LogP contribution in [0.5, 0.6) is 11.5 Å². The van der Waals surface area contributed by atoms with Gasteiger partial charge in [-0.25, -0.2) is 0 Å². The van der Waals surface area contributed by atoms with Gasteiger partial charge in [0.05, 0.1) is 7.11 Å². The van der Waals surface area contributed by atoms with Crippen molar-refractivity contribution in [3.8, 4) is 11.5 Å². The second-order valence-electron chi connectivity index (χ2n) is 6.90. The fourth-order valence-electron chi connectivity index (χ4n) is 4.12. The fraction of sp³-hybridized carbons (Fsp3) is 0.667. The first-order chi connectivity index (χ1) is 10.1. The Morgan fingerprint density at radius 3 is 2.81 bits per heavy atom. The lowest BCUT2D eigenvalue weighted by Gasteiger charge is -2.49. The average Bonchev–Trinajstić information content (AvgIpc) is 2.50. The highest BCUT2D eigenvalue weighted by molar-refractivity contribution is 5.44. The van der Waals surface area contributed by atoms with E-state index in [0.717, 1.165) is 23.8 Å². The lowest BCUT2D eigenvalue weighted by Crippen LogP contribution is -2.51. The number of hydrogen-bond acceptors (Lipinski definition) is 3. The highest BCUT2D eigenvalue weighted by Crippen LogP contribution is 2.50. The van der Waals surface area contributed by atoms with Gasteiger partial charge in [-0.1, -0.05) is 13.8 Å². The van der Waals surface area contributed by atoms with Crippen molar-refractivity contribution in [1.29, 1.82) is 0 Å². The van der Waals surface area contributed by atoms with Crippen molar-refractivity contribution in [2.45, 2.75) is 51.2 Å². The summed E-state index contributed by atoms with van der Waals surface area (Å²) in [6.45, 7) is 4.72. The fourth-order valence-corrected chi connectivity index (χ4v) is 4.12. The van der Waals surface area contributed by atoms with Crippen LogP contribution < -0.4 is 14.8 Å². The Labute approximate surface area is 128 Å². The molecule has 3 rings (SSSR count). The predicted octanol–water partition coefficient (Wildman–Crippen LogP) is 3.93. The van der Waals surface area contributed by atoms with E-state index in [1.165, 1.54) is 24.8 Å². The van der Waals surface area contributed by atoms with E-state index in [9.17, 15) is 0 Å². The molecule has 0 saturated heterocycles. The summed E-state index contributed by atoms with van der Waals surface area (Å²) < 4.78 is 11.9. The van der Waals surface area contributed by atoms with Crippen LogP contribution in [-0.2, 0) is 0 Å². The normalized spacial score (nSPS) is 35.1. The number of hydrogen-bond donors (Lipinski definition) is 1. The van der Waals surface area contributed by atoms with Crippen molar-refractivity contribution in [1.82, 2.24) is 5.32 Å². The predicted molar refractivity (Wildman–Crippen MR) is 84.9 cm³/mol. The summed E-state index contributed by atoms with van der Waals surface area (Å²) in [4.78, 5) is 0. The molecule has 1 spiro atoms. The van der Waals surface area contributed by atoms with Crippen molar-refractivity contribution in [2.24, 2.45) is 11.8 Å². The molecule has 3 nitrogen and oxygen atoms in total. The minimum Gasteiger partial charge on any atom is -0.497 e. The quantitative estimate of drug-likeness (QED) is 0.894. The molecule has 116 valence electrons. The Morgan fingerprint density at radius 2 is 2.14 bits per heavy atom. The number of nitrogens with one attached hydrogen (secondary N) is 1. The molecule has 21 heavy (non-hydrogen) atoms. The molecule has 0 radical (unpaired) electrons. The van der Waals surface area contributed by atoms with Gasteiger partial charge in [-0.3, -0.25) is 0 Å². The number of ether oxygens (including phenoxy) is 2. The molecule has 1 saturated carbocycles. The topological polar surface area (TPSA) is 30.5 Å². The monoisotopic (exact) mass is 289 g/mol. The van der Waals surface area contributed by atoms with Gasteiger partial charge in [0.2, 0.25) is 0 Å². The first kappa shape index (κ1) is 14.7. The van der Waals surface area contributed by atoms with Gasteiger partial charge >= 0.3 is 0 Å². The zero-order chi connectivity index (χ0) is 15.0. The molecular formula is C18H27NO2. The molecular weight excluding hydrogens is 262 g/mol. The Kier molecular flexibility index (Phi) is 3.87. The van der Waals surface area contributed by atoms with Crippen molar-refractivity contribution < 1.29 is 9.47 Å². The molecule has 3 heteroatoms. The maximum absolute atomic E-state index is 6.56. The zero-order valence-corrected chi connectivity index (χ0v) is 13.6. The van der Waals surface area contributed by atoms with Crippen LogP contribution in [0.2, 0.25) is 0 Å². The molecule has 1 aromatic carbocycles. The van der Waals surface area contributed by atoms with Crippen LogP contribution in [0.4, 0.5) is 0 Å². The molecule has 1 aromatic rings. The molecule has 0 bridgehead atoms. The van der Waals surface area contributed by atoms with Crippen molar-refractivity contribution >= 4 is 0 Å². The number of fused-ring (bicyclic) bond motifs is 1. The van der Waals surface area contributed by atoms with Crippen LogP contribution in [0, 0.1) is 11.8 Å². The lowest BCUT2D eigenvalue weighted by atomic mass is 9.68. The van der Waals surface area contributed by atoms with E-state index >= 15 is 0 Å². The van der Waals surface area contributed by atoms with Crippen LogP contribution >= 0.6 is 0 Å². The third-order valence-electron chi connectivity index (χ3n) is 5.52. The molecule has 1 heterocycles. The van der Waals surface area contributed by atoms with Crippen molar-refractivity contribution in [3.63, 3.8) is 0 Å². The molecule has 1 N–H and O–H groups in total. The lowest BCUT2D eigenvalue weighted by molar-refractivity contribution is -0.0547. The summed E-state index contributed by atoms with van der Waals surface area (Å²) in [6, 6.07) is 6.53. The van der Waals surface area contributed by atoms with E-state index in [1.54, 1.807) is 7.11 Å². The van der Waals surface area contributed by atoms with Gasteiger partial charge in [-0.05, 0) is 56.3 Å². The summed E-state index contributed by atoms with van der Waals surface area (Å²) in [7, 11) is 3.76. The van der Waals surface area contributed by atoms with Crippen molar-refractivity contribution in [3.05, 3.63) is 23.8 Å². The van der Waals surface area contributed by atoms with Gasteiger partial charge in [0.25, 0.3) is 0 Å². The Morgan fingerprint density at radius 1 is 1.33 bits per heavy atom. The van der Waals surface area contributed by atoms with E-state index < -0.39 is 0 Å². The van der Waals surface area contributed by atoms with Crippen molar-refractivity contribution in [2.75, 3.05) is 14.2 Å². The third kappa shape index (κ3) is 2.52. The van der Waals surface area contributed by atoms with Gasteiger partial charge in [0, 0.05) is 18.0 Å². The molecule has 2 aliphatic rings. The highest BCUT2D eigenvalue weighted by Gasteiger charge is 2.47. The second kappa shape index (κ2) is 5.53. The highest BCUT2D eigenvalue weighted by atomic mass is 16.5. The number of rotatable bonds is 2. The molecule has 1 aliphatic heterocycles. The van der Waals surface area contributed by atoms with Crippen LogP contribution in [0.1, 0.15) is 51.1 Å². The van der Waals surface area contributed by atoms with Gasteiger partial charge in [-0.2, -0.15) is 0 Å². The maximum Gasteiger partial charge on any atom is 0.125 e. The molecule has 4 unspecified atom stereocenters. The SMILES string of the molecule is CNC1CC2(CCC(C)CC2C)Oc2ccc(OC)cc21. The smallest absolute Gasteiger partial charge is 0.125 e. The molecule has 1 aliphatic carbocycles. The van der Waals surface area contributed by atoms with Gasteiger partial charge in [-0.15, -0.1) is 0 Å². The number of methoxy groups -OCH3 is 1. The second-order valence-corrected chi connectivity index (χ2v) is 6.90. The van der Waals surface area contributed by atoms with Crippen LogP contribution in [0.15, 0.2) is 18.2 Å². The van der Waals surface area contributed by atoms with E-state index in [4.69, 9.17) is 9.47 Å². The van der Waals surface area contributed by atoms with E-state index in [2.05, 4.69) is 31.3 Å². The first-order valence-corrected chi connectivity index (χ1v) is 8.12. The standard InChI is InChI=1S/C18H27NO2/c1-12-7-8-18(13(2)9-12)11-16(19-3)15-10-14(20-4)5-6-17(15)21-18/h5-6,10,12-13,16,19H,7-9,11H2,1-4H3. The molecule has 4 atom stereocenters. The summed E-state index contributed by atoms with van der Waals surface area (Å²) in [5.74, 6) is 3.36. The molecule has 1 fully saturated rings. The zero-order valence-electron chi connectivity index (χ0n) is 13.6. The van der Waals surface area contributed by atoms with Gasteiger partial charge < -0.3 is 14.8 Å². The van der Waals surface area contributed by atoms with E-state index in [-0.39, 0.29) is 5.60 Å². The van der Waals surface area contributed by atoms with E-state index in [0.29, 0.717) is 12.0 Å². The Hall–Kier alpha value is -1.22. The molecule has 0 aromatic heterocycles. The Balaban J connectivity index is 1.95. The Bertz CT molecular complexity index is 516. The summed E-state index contributed by atoms with van der Waals surface area (Å²) in [6.07, 6.45) is 4.75. The summed E-state index contributed by atoms with van der Waals surface area (Å²) in [5, 5.41) is 3.48. The third-order valence-corrected chi connectivity index (χ3v) is 5.52. The van der Waals surface area contributed by atoms with E-state index in [1.807, 2.05) is 13.1 Å². The summed E-state index contributed by atoms with van der Waals surface area (Å²) in [5.41, 5.74) is 1.23. The first-order valence-electron chi connectivity index (χ1n) is 8.12. The minimum absolute atomic E-state index is 0.00176. The minimum atomic E-state index is 0.00176. The van der Waals surface area contributed by atoms with Gasteiger partial charge in [0.15, 0.2) is 0 Å². The van der Waals surface area contributed by atoms with Crippen LogP contribution in [0.3, 0.4) is 0 Å². The van der Waals surface area contributed by atoms with Gasteiger partial charge in [0.1, 0.15) is 17.1 Å². The largest absolute Gasteiger partial charge is 0.497 e.